The molecule has 9 heterocycles. The maximum Gasteiger partial charge on any atom is 0.325 e. The zero-order chi connectivity index (χ0) is 58.5. The number of benzene rings is 3. The zero-order valence-electron chi connectivity index (χ0n) is 43.7. The average molecular weight is 1130 g/mol. The van der Waals surface area contributed by atoms with E-state index in [1.165, 1.54) is 80.9 Å². The van der Waals surface area contributed by atoms with Gasteiger partial charge >= 0.3 is 18.1 Å². The summed E-state index contributed by atoms with van der Waals surface area (Å²) < 4.78 is 50.4. The first kappa shape index (κ1) is 52.4. The number of fused-ring (bicyclic) bond motifs is 3. The van der Waals surface area contributed by atoms with Crippen LogP contribution in [-0.4, -0.2) is 97.7 Å². The molecule has 0 fully saturated rings. The smallest absolute Gasteiger partial charge is 0.325 e. The molecule has 0 bridgehead atoms. The van der Waals surface area contributed by atoms with Crippen molar-refractivity contribution < 1.29 is 27.6 Å². The normalized spacial score (nSPS) is 11.3. The number of hydrogen-bond acceptors (Lipinski definition) is 19. The van der Waals surface area contributed by atoms with E-state index in [1.807, 2.05) is 0 Å². The van der Waals surface area contributed by atoms with Crippen LogP contribution < -0.4 is 49.1 Å². The van der Waals surface area contributed by atoms with Crippen molar-refractivity contribution in [1.29, 1.82) is 0 Å². The molecule has 31 heteroatoms. The third kappa shape index (κ3) is 10.2. The highest BCUT2D eigenvalue weighted by Crippen LogP contribution is 2.37. The van der Waals surface area contributed by atoms with Crippen LogP contribution in [0.4, 0.5) is 79.4 Å². The topological polar surface area (TPSA) is 382 Å². The Bertz CT molecular complexity index is 4630. The molecule has 12 rings (SSSR count). The summed E-state index contributed by atoms with van der Waals surface area (Å²) in [6.07, 6.45) is 11.5. The van der Waals surface area contributed by atoms with E-state index in [0.717, 1.165) is 5.56 Å². The van der Waals surface area contributed by atoms with Gasteiger partial charge in [-0.3, -0.25) is 15.6 Å². The molecule has 12 aromatic rings. The van der Waals surface area contributed by atoms with E-state index in [1.54, 1.807) is 69.7 Å². The molecule has 0 aliphatic rings. The van der Waals surface area contributed by atoms with Crippen LogP contribution in [0.25, 0.3) is 72.8 Å². The lowest BCUT2D eigenvalue weighted by atomic mass is 9.98. The summed E-state index contributed by atoms with van der Waals surface area (Å²) in [5, 5.41) is 47.4. The number of hydrogen-bond donors (Lipinski definition) is 9. The van der Waals surface area contributed by atoms with Gasteiger partial charge in [0, 0.05) is 40.8 Å². The molecular weight excluding hydrogens is 1090 g/mol. The molecule has 0 aliphatic carbocycles. The number of pyridine rings is 3. The highest BCUT2D eigenvalue weighted by atomic mass is 19.1. The molecule has 0 saturated heterocycles. The van der Waals surface area contributed by atoms with Crippen LogP contribution in [0, 0.1) is 38.2 Å². The highest BCUT2D eigenvalue weighted by Gasteiger charge is 2.22. The number of anilines is 9. The van der Waals surface area contributed by atoms with Gasteiger partial charge in [0.15, 0.2) is 40.7 Å². The molecule has 0 saturated carbocycles. The number of rotatable bonds is 11. The van der Waals surface area contributed by atoms with Gasteiger partial charge in [-0.25, -0.2) is 61.0 Å². The summed E-state index contributed by atoms with van der Waals surface area (Å²) in [7, 11) is 0. The van der Waals surface area contributed by atoms with Crippen molar-refractivity contribution in [2.75, 3.05) is 49.1 Å². The number of carbonyl (C=O) groups excluding carboxylic acids is 3. The molecule has 0 spiro atoms. The second-order valence-electron chi connectivity index (χ2n) is 18.8. The number of amides is 6. The van der Waals surface area contributed by atoms with Crippen LogP contribution >= 0.6 is 0 Å². The number of carbonyl (C=O) groups is 3. The second kappa shape index (κ2) is 21.1. The maximum absolute atomic E-state index is 16.0. The highest BCUT2D eigenvalue weighted by molar-refractivity contribution is 6.02. The SMILES string of the molecule is Cc1ccc(F)c(NC(=O)Nc2cnc(-c3cc(-c4cc(F)c(NC(=O)Nc5cnc(-c6cc(-c7cc(F)c(NC(=O)Nc8cnc(-c9cccn%10nnc(N)c9%10)nc8)cc7C)cn7nnc(N)c67)cn5)cc4C)cn4nnc(N)c34)nn2)c1. The van der Waals surface area contributed by atoms with Crippen molar-refractivity contribution in [1.82, 2.24) is 79.6 Å². The minimum atomic E-state index is -0.846. The quantitative estimate of drug-likeness (QED) is 0.0593. The van der Waals surface area contributed by atoms with Crippen LogP contribution in [0.5, 0.6) is 0 Å². The number of nitrogens with two attached hydrogens (primary N) is 3. The van der Waals surface area contributed by atoms with E-state index >= 15 is 8.78 Å². The van der Waals surface area contributed by atoms with Crippen molar-refractivity contribution in [3.63, 3.8) is 0 Å². The van der Waals surface area contributed by atoms with Crippen LogP contribution in [-0.2, 0) is 0 Å². The Morgan fingerprint density at radius 3 is 1.56 bits per heavy atom. The third-order valence-corrected chi connectivity index (χ3v) is 13.0. The van der Waals surface area contributed by atoms with Gasteiger partial charge in [0.1, 0.15) is 34.0 Å². The Hall–Kier alpha value is -12.3. The van der Waals surface area contributed by atoms with E-state index in [0.29, 0.717) is 72.4 Å². The molecule has 3 aromatic carbocycles. The summed E-state index contributed by atoms with van der Waals surface area (Å²) in [6, 6.07) is 14.1. The van der Waals surface area contributed by atoms with Gasteiger partial charge in [0.25, 0.3) is 0 Å². The van der Waals surface area contributed by atoms with Gasteiger partial charge in [-0.1, -0.05) is 21.7 Å². The number of halogens is 3. The van der Waals surface area contributed by atoms with Gasteiger partial charge in [-0.05, 0) is 109 Å². The third-order valence-electron chi connectivity index (χ3n) is 13.0. The summed E-state index contributed by atoms with van der Waals surface area (Å²) in [5.74, 6) is -1.57. The molecule has 0 unspecified atom stereocenters. The summed E-state index contributed by atoms with van der Waals surface area (Å²) >= 11 is 0. The van der Waals surface area contributed by atoms with Crippen molar-refractivity contribution in [3.05, 3.63) is 150 Å². The fourth-order valence-electron chi connectivity index (χ4n) is 9.17. The Morgan fingerprint density at radius 1 is 0.452 bits per heavy atom. The minimum absolute atomic E-state index is 0.00679. The standard InChI is InChI=1S/C53H40F3N25O3/c1-23-6-7-34(54)37(9-23)66-53(84)70-42-20-64-50(75-71-42)33-13-27(22-81-45(33)48(59)74-78-81)31-15-36(56)39(11-25(31)3)68-52(83)69-41-19-60-40(18-61-41)32-12-26(21-80-44(32)47(58)73-77-80)30-14-35(55)38(10-24(30)2)67-51(82)65-28-16-62-49(63-17-28)29-5-4-8-79-43(29)46(57)72-76-79/h4-22H,57-59H2,1-3H3,(H2,65,67,82)(H2,61,68,69,83)(H2,66,70,71,84). The van der Waals surface area contributed by atoms with Crippen molar-refractivity contribution in [2.45, 2.75) is 20.8 Å². The van der Waals surface area contributed by atoms with Crippen molar-refractivity contribution in [2.24, 2.45) is 0 Å². The number of nitrogens with zero attached hydrogens (tertiary/aromatic N) is 16. The van der Waals surface area contributed by atoms with E-state index in [4.69, 9.17) is 17.2 Å². The molecule has 0 aliphatic heterocycles. The van der Waals surface area contributed by atoms with Gasteiger partial charge in [-0.2, -0.15) is 0 Å². The monoisotopic (exact) mass is 1130 g/mol. The lowest BCUT2D eigenvalue weighted by molar-refractivity contribution is 0.261. The molecule has 84 heavy (non-hydrogen) atoms. The zero-order valence-corrected chi connectivity index (χ0v) is 43.7. The Kier molecular flexibility index (Phi) is 13.1. The summed E-state index contributed by atoms with van der Waals surface area (Å²) in [4.78, 5) is 61.0. The summed E-state index contributed by atoms with van der Waals surface area (Å²) in [5.41, 5.74) is 24.7. The molecule has 9 aromatic heterocycles. The molecular formula is C53H40F3N25O3. The fourth-order valence-corrected chi connectivity index (χ4v) is 9.17. The van der Waals surface area contributed by atoms with E-state index in [2.05, 4.69) is 98.0 Å². The molecule has 12 N–H and O–H groups in total. The number of aryl methyl sites for hydroxylation is 3. The first-order valence-corrected chi connectivity index (χ1v) is 24.8. The van der Waals surface area contributed by atoms with Crippen LogP contribution in [0.15, 0.2) is 116 Å². The number of nitrogen functional groups attached to an aromatic ring is 3. The number of urea groups is 3. The average Bonchev–Trinajstić information content (AvgIpc) is 2.85. The lowest BCUT2D eigenvalue weighted by Gasteiger charge is -2.14. The Balaban J connectivity index is 0.717. The number of nitrogens with one attached hydrogen (secondary N) is 6. The Labute approximate surface area is 468 Å². The second-order valence-corrected chi connectivity index (χ2v) is 18.8. The van der Waals surface area contributed by atoms with Gasteiger partial charge in [0.05, 0.1) is 65.0 Å². The first-order chi connectivity index (χ1) is 40.5. The van der Waals surface area contributed by atoms with E-state index < -0.39 is 35.5 Å². The molecule has 416 valence electrons. The molecule has 28 nitrogen and oxygen atoms in total. The summed E-state index contributed by atoms with van der Waals surface area (Å²) in [6.45, 7) is 5.18. The van der Waals surface area contributed by atoms with Crippen LogP contribution in [0.2, 0.25) is 0 Å². The van der Waals surface area contributed by atoms with E-state index in [9.17, 15) is 18.8 Å². The van der Waals surface area contributed by atoms with Crippen LogP contribution in [0.1, 0.15) is 16.7 Å². The van der Waals surface area contributed by atoms with Crippen molar-refractivity contribution in [3.8, 4) is 56.3 Å². The predicted octanol–water partition coefficient (Wildman–Crippen LogP) is 7.94. The lowest BCUT2D eigenvalue weighted by Crippen LogP contribution is -2.21. The molecule has 0 atom stereocenters. The van der Waals surface area contributed by atoms with Gasteiger partial charge in [-0.15, -0.1) is 25.5 Å². The number of aromatic nitrogens is 16. The molecule has 0 radical (unpaired) electrons. The van der Waals surface area contributed by atoms with Gasteiger partial charge < -0.3 is 38.5 Å². The maximum atomic E-state index is 16.0. The van der Waals surface area contributed by atoms with Crippen molar-refractivity contribution >= 4 is 86.5 Å². The fraction of sp³-hybridized carbons (Fsp3) is 0.0566. The first-order valence-electron chi connectivity index (χ1n) is 24.8. The van der Waals surface area contributed by atoms with E-state index in [-0.39, 0.29) is 63.4 Å². The Morgan fingerprint density at radius 2 is 0.976 bits per heavy atom. The largest absolute Gasteiger partial charge is 0.380 e. The van der Waals surface area contributed by atoms with Crippen LogP contribution in [0.3, 0.4) is 0 Å². The molecule has 6 amide bonds. The minimum Gasteiger partial charge on any atom is -0.380 e. The predicted molar refractivity (Wildman–Crippen MR) is 302 cm³/mol. The van der Waals surface area contributed by atoms with Gasteiger partial charge in [0.2, 0.25) is 0 Å².